The molecular weight excluding hydrogens is 568 g/mol. The van der Waals surface area contributed by atoms with E-state index < -0.39 is 23.8 Å². The number of morpholine rings is 1. The van der Waals surface area contributed by atoms with Crippen LogP contribution in [0.3, 0.4) is 0 Å². The second-order valence-corrected chi connectivity index (χ2v) is 11.9. The van der Waals surface area contributed by atoms with Gasteiger partial charge < -0.3 is 29.3 Å². The molecule has 0 unspecified atom stereocenters. The summed E-state index contributed by atoms with van der Waals surface area (Å²) in [6.45, 7) is 10.6. The third-order valence-electron chi connectivity index (χ3n) is 7.55. The van der Waals surface area contributed by atoms with E-state index in [9.17, 15) is 14.4 Å². The molecule has 4 heterocycles. The molecule has 2 fully saturated rings. The van der Waals surface area contributed by atoms with Crippen molar-refractivity contribution in [1.29, 1.82) is 0 Å². The van der Waals surface area contributed by atoms with E-state index in [1.54, 1.807) is 50.9 Å². The van der Waals surface area contributed by atoms with Crippen molar-refractivity contribution in [2.75, 3.05) is 56.7 Å². The number of methoxy groups -OCH3 is 1. The second-order valence-electron chi connectivity index (χ2n) is 11.9. The predicted molar refractivity (Wildman–Crippen MR) is 164 cm³/mol. The Morgan fingerprint density at radius 3 is 2.32 bits per heavy atom. The molecule has 0 bridgehead atoms. The van der Waals surface area contributed by atoms with E-state index in [4.69, 9.17) is 29.3 Å². The zero-order valence-electron chi connectivity index (χ0n) is 25.8. The minimum Gasteiger partial charge on any atom is -0.453 e. The molecule has 0 spiro atoms. The van der Waals surface area contributed by atoms with Gasteiger partial charge in [0.25, 0.3) is 0 Å². The van der Waals surface area contributed by atoms with Crippen molar-refractivity contribution in [3.05, 3.63) is 30.5 Å². The number of carbonyl (C=O) groups is 3. The van der Waals surface area contributed by atoms with Crippen LogP contribution in [0.5, 0.6) is 0 Å². The molecular formula is C30H40N8O6. The summed E-state index contributed by atoms with van der Waals surface area (Å²) in [6.07, 6.45) is 2.00. The largest absolute Gasteiger partial charge is 0.453 e. The van der Waals surface area contributed by atoms with Crippen molar-refractivity contribution in [2.24, 2.45) is 0 Å². The van der Waals surface area contributed by atoms with Gasteiger partial charge in [-0.25, -0.2) is 19.3 Å². The molecule has 2 aliphatic rings. The monoisotopic (exact) mass is 608 g/mol. The minimum atomic E-state index is -0.701. The Morgan fingerprint density at radius 1 is 1.00 bits per heavy atom. The number of piperidine rings is 1. The zero-order valence-corrected chi connectivity index (χ0v) is 25.8. The van der Waals surface area contributed by atoms with Crippen LogP contribution in [-0.2, 0) is 19.0 Å². The summed E-state index contributed by atoms with van der Waals surface area (Å²) in [7, 11) is 1.32. The summed E-state index contributed by atoms with van der Waals surface area (Å²) in [4.78, 5) is 50.7. The highest BCUT2D eigenvalue weighted by atomic mass is 16.6. The van der Waals surface area contributed by atoms with Crippen LogP contribution in [0, 0.1) is 0 Å². The molecule has 3 aromatic rings. The van der Waals surface area contributed by atoms with Gasteiger partial charge in [0.2, 0.25) is 11.9 Å². The van der Waals surface area contributed by atoms with Crippen LogP contribution in [0.25, 0.3) is 22.3 Å². The highest BCUT2D eigenvalue weighted by Crippen LogP contribution is 2.33. The normalized spacial score (nSPS) is 16.8. The van der Waals surface area contributed by atoms with E-state index >= 15 is 0 Å². The Bertz CT molecular complexity index is 1490. The summed E-state index contributed by atoms with van der Waals surface area (Å²) in [5.41, 5.74) is 2.27. The molecule has 2 N–H and O–H groups in total. The first-order valence-electron chi connectivity index (χ1n) is 14.8. The van der Waals surface area contributed by atoms with Gasteiger partial charge in [0.05, 0.1) is 43.6 Å². The average Bonchev–Trinajstić information content (AvgIpc) is 3.44. The van der Waals surface area contributed by atoms with Crippen LogP contribution in [-0.4, -0.2) is 101 Å². The fourth-order valence-electron chi connectivity index (χ4n) is 5.34. The van der Waals surface area contributed by atoms with Gasteiger partial charge in [-0.1, -0.05) is 12.1 Å². The summed E-state index contributed by atoms with van der Waals surface area (Å²) in [6, 6.07) is 6.70. The first-order chi connectivity index (χ1) is 21.0. The van der Waals surface area contributed by atoms with Gasteiger partial charge >= 0.3 is 12.2 Å². The molecule has 0 radical (unpaired) electrons. The highest BCUT2D eigenvalue weighted by molar-refractivity contribution is 5.92. The van der Waals surface area contributed by atoms with E-state index in [2.05, 4.69) is 15.5 Å². The molecule has 5 rings (SSSR count). The molecule has 1 atom stereocenters. The molecule has 3 amide bonds. The number of carbonyl (C=O) groups excluding carboxylic acids is 3. The van der Waals surface area contributed by atoms with E-state index in [1.165, 1.54) is 7.11 Å². The summed E-state index contributed by atoms with van der Waals surface area (Å²) >= 11 is 0. The van der Waals surface area contributed by atoms with Crippen molar-refractivity contribution in [2.45, 2.75) is 58.2 Å². The van der Waals surface area contributed by atoms with E-state index in [0.29, 0.717) is 63.9 Å². The molecule has 2 aliphatic heterocycles. The third kappa shape index (κ3) is 7.18. The number of nitrogens with zero attached hydrogens (tertiary/aromatic N) is 6. The van der Waals surface area contributed by atoms with Crippen molar-refractivity contribution in [3.8, 4) is 11.3 Å². The molecule has 236 valence electrons. The Kier molecular flexibility index (Phi) is 9.18. The number of alkyl carbamates (subject to hydrolysis) is 1. The van der Waals surface area contributed by atoms with E-state index in [0.717, 1.165) is 22.3 Å². The average molecular weight is 609 g/mol. The topological polar surface area (TPSA) is 153 Å². The van der Waals surface area contributed by atoms with Crippen LogP contribution in [0.2, 0.25) is 0 Å². The highest BCUT2D eigenvalue weighted by Gasteiger charge is 2.30. The molecule has 0 aliphatic carbocycles. The molecule has 0 saturated carbocycles. The fourth-order valence-corrected chi connectivity index (χ4v) is 5.34. The lowest BCUT2D eigenvalue weighted by atomic mass is 10.0. The first kappa shape index (κ1) is 31.0. The lowest BCUT2D eigenvalue weighted by molar-refractivity contribution is -0.134. The SMILES string of the molecule is COC(=O)Nc1ccc(-c2nc(N3CCOCC3)nc3c2cnn3C2CCN(C(=O)[C@H](C)NC(=O)OC(C)(C)C)CC2)cc1. The quantitative estimate of drug-likeness (QED) is 0.425. The maximum absolute atomic E-state index is 13.1. The molecule has 44 heavy (non-hydrogen) atoms. The van der Waals surface area contributed by atoms with Crippen LogP contribution in [0.1, 0.15) is 46.6 Å². The summed E-state index contributed by atoms with van der Waals surface area (Å²) in [5.74, 6) is 0.452. The third-order valence-corrected chi connectivity index (χ3v) is 7.55. The summed E-state index contributed by atoms with van der Waals surface area (Å²) < 4.78 is 17.5. The van der Waals surface area contributed by atoms with Gasteiger partial charge in [0.1, 0.15) is 11.6 Å². The molecule has 2 aromatic heterocycles. The number of rotatable bonds is 6. The van der Waals surface area contributed by atoms with E-state index in [1.807, 2.05) is 16.8 Å². The molecule has 2 saturated heterocycles. The number of hydrogen-bond acceptors (Lipinski definition) is 10. The van der Waals surface area contributed by atoms with Crippen LogP contribution >= 0.6 is 0 Å². The van der Waals surface area contributed by atoms with E-state index in [-0.39, 0.29) is 11.9 Å². The molecule has 14 heteroatoms. The minimum absolute atomic E-state index is 0.0255. The van der Waals surface area contributed by atoms with Gasteiger partial charge in [0, 0.05) is 37.4 Å². The molecule has 1 aromatic carbocycles. The molecule has 14 nitrogen and oxygen atoms in total. The van der Waals surface area contributed by atoms with Crippen LogP contribution in [0.15, 0.2) is 30.5 Å². The predicted octanol–water partition coefficient (Wildman–Crippen LogP) is 3.58. The maximum atomic E-state index is 13.1. The number of nitrogens with one attached hydrogen (secondary N) is 2. The number of likely N-dealkylation sites (tertiary alicyclic amines) is 1. The maximum Gasteiger partial charge on any atom is 0.411 e. The Labute approximate surface area is 256 Å². The van der Waals surface area contributed by atoms with Crippen LogP contribution in [0.4, 0.5) is 21.2 Å². The van der Waals surface area contributed by atoms with Crippen LogP contribution < -0.4 is 15.5 Å². The van der Waals surface area contributed by atoms with Gasteiger partial charge in [-0.3, -0.25) is 10.1 Å². The van der Waals surface area contributed by atoms with Gasteiger partial charge in [0.15, 0.2) is 5.65 Å². The number of benzene rings is 1. The summed E-state index contributed by atoms with van der Waals surface area (Å²) in [5, 5.41) is 10.9. The standard InChI is InChI=1S/C30H40N8O6/c1-19(32-29(41)44-30(2,3)4)26(39)36-12-10-22(11-13-36)38-25-23(18-31-38)24(34-27(35-25)37-14-16-43-17-15-37)20-6-8-21(9-7-20)33-28(40)42-5/h6-9,18-19,22H,10-17H2,1-5H3,(H,32,41)(H,33,40)/t19-/m0/s1. The van der Waals surface area contributed by atoms with Crippen molar-refractivity contribution in [3.63, 3.8) is 0 Å². The van der Waals surface area contributed by atoms with Gasteiger partial charge in [-0.15, -0.1) is 0 Å². The lowest BCUT2D eigenvalue weighted by Crippen LogP contribution is -2.50. The van der Waals surface area contributed by atoms with Gasteiger partial charge in [-0.2, -0.15) is 10.1 Å². The second kappa shape index (κ2) is 13.0. The Morgan fingerprint density at radius 2 is 1.68 bits per heavy atom. The number of ether oxygens (including phenoxy) is 3. The lowest BCUT2D eigenvalue weighted by Gasteiger charge is -2.34. The fraction of sp³-hybridized carbons (Fsp3) is 0.533. The number of aromatic nitrogens is 4. The van der Waals surface area contributed by atoms with Gasteiger partial charge in [-0.05, 0) is 52.7 Å². The number of hydrogen-bond donors (Lipinski definition) is 2. The smallest absolute Gasteiger partial charge is 0.411 e. The van der Waals surface area contributed by atoms with Crippen molar-refractivity contribution < 1.29 is 28.6 Å². The number of anilines is 2. The van der Waals surface area contributed by atoms with Crippen molar-refractivity contribution in [1.82, 2.24) is 30.0 Å². The van der Waals surface area contributed by atoms with Crippen molar-refractivity contribution >= 4 is 40.8 Å². The Hall–Kier alpha value is -4.46. The Balaban J connectivity index is 1.36. The first-order valence-corrected chi connectivity index (χ1v) is 14.8. The number of fused-ring (bicyclic) bond motifs is 1. The number of amides is 3. The zero-order chi connectivity index (χ0) is 31.4.